The van der Waals surface area contributed by atoms with Crippen LogP contribution in [0.2, 0.25) is 0 Å². The van der Waals surface area contributed by atoms with Crippen molar-refractivity contribution in [2.45, 2.75) is 0 Å². The standard InChI is InChI=1S/C38H19BN4O2/c1-5-14-24-20(10-1)30-35-40(24)33-22-12-3-7-18-28(22)44-37(33)42(35)26-16-9-17-27-32(26)39(30)31-21-11-2-6-15-25(21)41-34-23-13-4-8-19-29(23)45-38(34)43(27)36(31)41/h1-19H. The quantitative estimate of drug-likeness (QED) is 0.183. The van der Waals surface area contributed by atoms with E-state index in [0.29, 0.717) is 0 Å². The minimum Gasteiger partial charge on any atom is -0.437 e. The molecule has 6 aromatic heterocycles. The lowest BCUT2D eigenvalue weighted by Crippen LogP contribution is -2.59. The van der Waals surface area contributed by atoms with Gasteiger partial charge < -0.3 is 8.83 Å². The van der Waals surface area contributed by atoms with Gasteiger partial charge in [-0.2, -0.15) is 0 Å². The zero-order chi connectivity index (χ0) is 28.7. The fraction of sp³-hybridized carbons (Fsp3) is 0. The average molecular weight is 574 g/mol. The highest BCUT2D eigenvalue weighted by Crippen LogP contribution is 2.42. The SMILES string of the molecule is c1cc2c3c(c1)-n1c4oc5ccccc5c4n4c5ccccc5c(c14)B3c1c3ccccc3n3c4c5ccccc5oc4n-2c13. The Hall–Kier alpha value is -6.08. The molecule has 0 N–H and O–H groups in total. The van der Waals surface area contributed by atoms with Crippen molar-refractivity contribution in [1.29, 1.82) is 0 Å². The van der Waals surface area contributed by atoms with Gasteiger partial charge in [0, 0.05) is 22.1 Å². The predicted molar refractivity (Wildman–Crippen MR) is 181 cm³/mol. The number of hydrogen-bond acceptors (Lipinski definition) is 2. The minimum atomic E-state index is 0.0246. The van der Waals surface area contributed by atoms with E-state index in [1.165, 1.54) is 49.5 Å². The van der Waals surface area contributed by atoms with Crippen LogP contribution in [0.3, 0.4) is 0 Å². The molecule has 13 rings (SSSR count). The molecule has 0 unspecified atom stereocenters. The molecule has 0 saturated carbocycles. The molecule has 0 spiro atoms. The Bertz CT molecular complexity index is 2970. The van der Waals surface area contributed by atoms with Crippen molar-refractivity contribution in [3.63, 3.8) is 0 Å². The topological polar surface area (TPSA) is 45.0 Å². The fourth-order valence-electron chi connectivity index (χ4n) is 9.04. The van der Waals surface area contributed by atoms with E-state index in [4.69, 9.17) is 8.83 Å². The maximum atomic E-state index is 6.73. The largest absolute Gasteiger partial charge is 0.437 e. The molecule has 7 heteroatoms. The summed E-state index contributed by atoms with van der Waals surface area (Å²) in [5, 5.41) is 4.80. The molecule has 45 heavy (non-hydrogen) atoms. The second-order valence-corrected chi connectivity index (χ2v) is 12.5. The molecule has 0 aliphatic carbocycles. The lowest BCUT2D eigenvalue weighted by molar-refractivity contribution is 0.644. The summed E-state index contributed by atoms with van der Waals surface area (Å²) in [6.45, 7) is 0.0246. The Balaban J connectivity index is 1.35. The van der Waals surface area contributed by atoms with Gasteiger partial charge in [-0.25, -0.2) is 0 Å². The lowest BCUT2D eigenvalue weighted by atomic mass is 9.34. The smallest absolute Gasteiger partial charge is 0.258 e. The van der Waals surface area contributed by atoms with Crippen molar-refractivity contribution in [2.75, 3.05) is 0 Å². The van der Waals surface area contributed by atoms with Crippen molar-refractivity contribution in [1.82, 2.24) is 17.9 Å². The first kappa shape index (κ1) is 21.6. The zero-order valence-electron chi connectivity index (χ0n) is 23.7. The van der Waals surface area contributed by atoms with Gasteiger partial charge in [0.25, 0.3) is 6.71 Å². The van der Waals surface area contributed by atoms with Crippen LogP contribution in [-0.2, 0) is 0 Å². The number of furan rings is 2. The van der Waals surface area contributed by atoms with Crippen LogP contribution in [0.5, 0.6) is 0 Å². The highest BCUT2D eigenvalue weighted by Gasteiger charge is 2.46. The molecule has 0 saturated heterocycles. The van der Waals surface area contributed by atoms with Gasteiger partial charge in [-0.05, 0) is 75.7 Å². The third kappa shape index (κ3) is 2.12. The molecule has 0 fully saturated rings. The number of para-hydroxylation sites is 4. The summed E-state index contributed by atoms with van der Waals surface area (Å²) in [5.41, 5.74) is 16.8. The number of hydrogen-bond donors (Lipinski definition) is 0. The number of rotatable bonds is 0. The van der Waals surface area contributed by atoms with E-state index in [0.717, 1.165) is 55.8 Å². The number of imidazole rings is 2. The van der Waals surface area contributed by atoms with Gasteiger partial charge in [0.1, 0.15) is 33.5 Å². The van der Waals surface area contributed by atoms with Crippen LogP contribution in [0.15, 0.2) is 124 Å². The molecule has 2 aliphatic heterocycles. The maximum Gasteiger partial charge on any atom is 0.258 e. The Labute approximate surface area is 253 Å². The van der Waals surface area contributed by atoms with E-state index in [1.54, 1.807) is 0 Å². The van der Waals surface area contributed by atoms with Crippen LogP contribution in [0.1, 0.15) is 0 Å². The molecule has 0 amide bonds. The van der Waals surface area contributed by atoms with Gasteiger partial charge in [0.15, 0.2) is 0 Å². The molecular formula is C38H19BN4O2. The van der Waals surface area contributed by atoms with E-state index in [-0.39, 0.29) is 6.71 Å². The third-order valence-electron chi connectivity index (χ3n) is 10.6. The first-order chi connectivity index (χ1) is 22.4. The molecule has 0 atom stereocenters. The molecule has 8 heterocycles. The Morgan fingerprint density at radius 1 is 0.422 bits per heavy atom. The van der Waals surface area contributed by atoms with Gasteiger partial charge in [-0.15, -0.1) is 0 Å². The molecule has 206 valence electrons. The van der Waals surface area contributed by atoms with Gasteiger partial charge >= 0.3 is 0 Å². The van der Waals surface area contributed by atoms with Gasteiger partial charge in [-0.1, -0.05) is 66.7 Å². The zero-order valence-corrected chi connectivity index (χ0v) is 23.7. The van der Waals surface area contributed by atoms with Crippen molar-refractivity contribution >= 4 is 101 Å². The number of aromatic nitrogens is 4. The summed E-state index contributed by atoms with van der Waals surface area (Å²) in [6.07, 6.45) is 0. The normalized spacial score (nSPS) is 13.7. The van der Waals surface area contributed by atoms with Gasteiger partial charge in [-0.3, -0.25) is 17.9 Å². The molecular weight excluding hydrogens is 555 g/mol. The highest BCUT2D eigenvalue weighted by atomic mass is 16.3. The molecule has 2 aliphatic rings. The van der Waals surface area contributed by atoms with Crippen LogP contribution in [-0.4, -0.2) is 24.6 Å². The Morgan fingerprint density at radius 3 is 1.38 bits per heavy atom. The van der Waals surface area contributed by atoms with E-state index in [9.17, 15) is 0 Å². The molecule has 6 nitrogen and oxygen atoms in total. The van der Waals surface area contributed by atoms with Gasteiger partial charge in [0.05, 0.1) is 11.0 Å². The van der Waals surface area contributed by atoms with Crippen LogP contribution in [0.25, 0.3) is 88.9 Å². The Morgan fingerprint density at radius 2 is 0.867 bits per heavy atom. The summed E-state index contributed by atoms with van der Waals surface area (Å²) in [5.74, 6) is 0. The monoisotopic (exact) mass is 574 g/mol. The van der Waals surface area contributed by atoms with Crippen LogP contribution >= 0.6 is 0 Å². The fourth-order valence-corrected chi connectivity index (χ4v) is 9.04. The second-order valence-electron chi connectivity index (χ2n) is 12.5. The molecule has 5 aromatic carbocycles. The first-order valence-electron chi connectivity index (χ1n) is 15.4. The maximum absolute atomic E-state index is 6.73. The van der Waals surface area contributed by atoms with Crippen LogP contribution in [0, 0.1) is 0 Å². The molecule has 0 bridgehead atoms. The number of nitrogens with zero attached hydrogens (tertiary/aromatic N) is 4. The van der Waals surface area contributed by atoms with E-state index >= 15 is 0 Å². The van der Waals surface area contributed by atoms with E-state index < -0.39 is 0 Å². The predicted octanol–water partition coefficient (Wildman–Crippen LogP) is 7.02. The highest BCUT2D eigenvalue weighted by molar-refractivity contribution is 7.02. The lowest BCUT2D eigenvalue weighted by Gasteiger charge is -2.30. The number of fused-ring (bicyclic) bond motifs is 20. The van der Waals surface area contributed by atoms with Crippen molar-refractivity contribution in [3.8, 4) is 11.4 Å². The first-order valence-corrected chi connectivity index (χ1v) is 15.4. The summed E-state index contributed by atoms with van der Waals surface area (Å²) >= 11 is 0. The average Bonchev–Trinajstić information content (AvgIpc) is 3.90. The number of benzene rings is 5. The minimum absolute atomic E-state index is 0.0246. The summed E-state index contributed by atoms with van der Waals surface area (Å²) in [4.78, 5) is 0. The van der Waals surface area contributed by atoms with E-state index in [1.807, 2.05) is 12.1 Å². The van der Waals surface area contributed by atoms with Crippen LogP contribution < -0.4 is 16.4 Å². The second kappa shape index (κ2) is 6.84. The molecule has 11 aromatic rings. The van der Waals surface area contributed by atoms with Crippen molar-refractivity contribution in [3.05, 3.63) is 115 Å². The summed E-state index contributed by atoms with van der Waals surface area (Å²) in [7, 11) is 0. The van der Waals surface area contributed by atoms with Crippen molar-refractivity contribution in [2.24, 2.45) is 0 Å². The molecule has 0 radical (unpaired) electrons. The third-order valence-corrected chi connectivity index (χ3v) is 10.6. The van der Waals surface area contributed by atoms with Crippen molar-refractivity contribution < 1.29 is 8.83 Å². The summed E-state index contributed by atoms with van der Waals surface area (Å²) in [6, 6.07) is 41.3. The summed E-state index contributed by atoms with van der Waals surface area (Å²) < 4.78 is 23.1. The van der Waals surface area contributed by atoms with Crippen LogP contribution in [0.4, 0.5) is 0 Å². The van der Waals surface area contributed by atoms with Gasteiger partial charge in [0.2, 0.25) is 11.4 Å². The Kier molecular flexibility index (Phi) is 3.28. The van der Waals surface area contributed by atoms with E-state index in [2.05, 4.69) is 121 Å².